The summed E-state index contributed by atoms with van der Waals surface area (Å²) in [6.07, 6.45) is -0.0379. The number of benzene rings is 1. The van der Waals surface area contributed by atoms with Crippen LogP contribution < -0.4 is 9.80 Å². The summed E-state index contributed by atoms with van der Waals surface area (Å²) >= 11 is 0. The molecule has 0 aliphatic heterocycles. The molecule has 4 heteroatoms. The molecule has 1 rings (SSSR count). The number of carbonyl (C=O) groups excluding carboxylic acids is 2. The van der Waals surface area contributed by atoms with Crippen LogP contribution in [0.25, 0.3) is 0 Å². The van der Waals surface area contributed by atoms with Gasteiger partial charge < -0.3 is 9.80 Å². The van der Waals surface area contributed by atoms with Gasteiger partial charge in [0.05, 0.1) is 6.42 Å². The van der Waals surface area contributed by atoms with Gasteiger partial charge >= 0.3 is 0 Å². The maximum atomic E-state index is 11.9. The van der Waals surface area contributed by atoms with E-state index in [1.54, 1.807) is 0 Å². The number of hydrogen-bond donors (Lipinski definition) is 0. The van der Waals surface area contributed by atoms with Crippen molar-refractivity contribution in [1.82, 2.24) is 0 Å². The molecule has 0 unspecified atom stereocenters. The first kappa shape index (κ1) is 14.2. The summed E-state index contributed by atoms with van der Waals surface area (Å²) in [5.41, 5.74) is 2.49. The highest BCUT2D eigenvalue weighted by molar-refractivity contribution is 6.08. The van der Waals surface area contributed by atoms with Crippen molar-refractivity contribution < 1.29 is 9.59 Å². The number of anilines is 2. The van der Waals surface area contributed by atoms with E-state index >= 15 is 0 Å². The molecule has 0 aliphatic rings. The van der Waals surface area contributed by atoms with Crippen LogP contribution in [0.1, 0.15) is 23.7 Å². The Morgan fingerprint density at radius 2 is 1.39 bits per heavy atom. The molecule has 0 radical (unpaired) electrons. The molecule has 1 aromatic carbocycles. The second-order valence-electron chi connectivity index (χ2n) is 4.83. The fourth-order valence-electron chi connectivity index (χ4n) is 1.60. The molecular formula is C14H20N2O2. The summed E-state index contributed by atoms with van der Waals surface area (Å²) < 4.78 is 0. The molecule has 0 amide bonds. The fourth-order valence-corrected chi connectivity index (χ4v) is 1.60. The minimum absolute atomic E-state index is 0.0379. The van der Waals surface area contributed by atoms with Gasteiger partial charge in [-0.05, 0) is 25.1 Å². The highest BCUT2D eigenvalue weighted by Gasteiger charge is 2.12. The van der Waals surface area contributed by atoms with Gasteiger partial charge in [0.15, 0.2) is 5.78 Å². The Kier molecular flexibility index (Phi) is 4.48. The van der Waals surface area contributed by atoms with Crippen molar-refractivity contribution in [1.29, 1.82) is 0 Å². The zero-order valence-electron chi connectivity index (χ0n) is 11.7. The van der Waals surface area contributed by atoms with Gasteiger partial charge in [0.25, 0.3) is 0 Å². The van der Waals surface area contributed by atoms with Crippen LogP contribution in [-0.2, 0) is 4.79 Å². The van der Waals surface area contributed by atoms with E-state index < -0.39 is 0 Å². The highest BCUT2D eigenvalue weighted by atomic mass is 16.1. The SMILES string of the molecule is CC(=O)CC(=O)c1cc(N(C)C)cc(N(C)C)c1. The van der Waals surface area contributed by atoms with Crippen LogP contribution in [-0.4, -0.2) is 39.8 Å². The summed E-state index contributed by atoms with van der Waals surface area (Å²) in [7, 11) is 7.70. The third-order valence-corrected chi connectivity index (χ3v) is 2.67. The zero-order valence-corrected chi connectivity index (χ0v) is 11.7. The Hall–Kier alpha value is -1.84. The number of hydrogen-bond acceptors (Lipinski definition) is 4. The number of Topliss-reactive ketones (excluding diaryl/α,β-unsaturated/α-hetero) is 2. The van der Waals surface area contributed by atoms with E-state index in [1.165, 1.54) is 6.92 Å². The molecule has 0 N–H and O–H groups in total. The van der Waals surface area contributed by atoms with E-state index in [0.29, 0.717) is 5.56 Å². The Balaban J connectivity index is 3.18. The Morgan fingerprint density at radius 3 is 1.72 bits per heavy atom. The van der Waals surface area contributed by atoms with E-state index in [9.17, 15) is 9.59 Å². The number of rotatable bonds is 5. The smallest absolute Gasteiger partial charge is 0.170 e. The summed E-state index contributed by atoms with van der Waals surface area (Å²) in [5, 5.41) is 0. The van der Waals surface area contributed by atoms with Crippen molar-refractivity contribution in [3.8, 4) is 0 Å². The lowest BCUT2D eigenvalue weighted by atomic mass is 10.0. The number of nitrogens with zero attached hydrogens (tertiary/aromatic N) is 2. The van der Waals surface area contributed by atoms with Crippen LogP contribution in [0, 0.1) is 0 Å². The summed E-state index contributed by atoms with van der Waals surface area (Å²) in [4.78, 5) is 26.9. The summed E-state index contributed by atoms with van der Waals surface area (Å²) in [6.45, 7) is 1.43. The highest BCUT2D eigenvalue weighted by Crippen LogP contribution is 2.23. The molecule has 0 bridgehead atoms. The maximum Gasteiger partial charge on any atom is 0.170 e. The first-order valence-corrected chi connectivity index (χ1v) is 5.83. The van der Waals surface area contributed by atoms with Crippen LogP contribution in [0.15, 0.2) is 18.2 Å². The first-order chi connectivity index (χ1) is 8.31. The minimum atomic E-state index is -0.130. The van der Waals surface area contributed by atoms with Gasteiger partial charge in [0, 0.05) is 45.1 Å². The number of ketones is 2. The lowest BCUT2D eigenvalue weighted by Crippen LogP contribution is -2.15. The quantitative estimate of drug-likeness (QED) is 0.590. The van der Waals surface area contributed by atoms with Gasteiger partial charge in [0.2, 0.25) is 0 Å². The van der Waals surface area contributed by atoms with E-state index in [1.807, 2.05) is 56.2 Å². The molecule has 0 aliphatic carbocycles. The molecule has 0 heterocycles. The lowest BCUT2D eigenvalue weighted by Gasteiger charge is -2.19. The van der Waals surface area contributed by atoms with Gasteiger partial charge in [-0.2, -0.15) is 0 Å². The van der Waals surface area contributed by atoms with Crippen LogP contribution in [0.5, 0.6) is 0 Å². The van der Waals surface area contributed by atoms with Gasteiger partial charge in [-0.3, -0.25) is 9.59 Å². The standard InChI is InChI=1S/C14H20N2O2/c1-10(17)6-14(18)11-7-12(15(2)3)9-13(8-11)16(4)5/h7-9H,6H2,1-5H3. The Bertz CT molecular complexity index is 439. The fraction of sp³-hybridized carbons (Fsp3) is 0.429. The van der Waals surface area contributed by atoms with Crippen molar-refractivity contribution >= 4 is 22.9 Å². The van der Waals surface area contributed by atoms with Gasteiger partial charge in [-0.15, -0.1) is 0 Å². The molecule has 4 nitrogen and oxygen atoms in total. The molecule has 0 fully saturated rings. The van der Waals surface area contributed by atoms with Crippen molar-refractivity contribution in [2.24, 2.45) is 0 Å². The molecule has 0 saturated carbocycles. The van der Waals surface area contributed by atoms with Crippen LogP contribution in [0.3, 0.4) is 0 Å². The van der Waals surface area contributed by atoms with Gasteiger partial charge in [-0.25, -0.2) is 0 Å². The van der Waals surface area contributed by atoms with E-state index in [-0.39, 0.29) is 18.0 Å². The minimum Gasteiger partial charge on any atom is -0.378 e. The monoisotopic (exact) mass is 248 g/mol. The van der Waals surface area contributed by atoms with Crippen molar-refractivity contribution in [2.75, 3.05) is 38.0 Å². The predicted molar refractivity (Wildman–Crippen MR) is 74.7 cm³/mol. The average molecular weight is 248 g/mol. The zero-order chi connectivity index (χ0) is 13.9. The van der Waals surface area contributed by atoms with E-state index in [0.717, 1.165) is 11.4 Å². The van der Waals surface area contributed by atoms with Gasteiger partial charge in [0.1, 0.15) is 5.78 Å². The van der Waals surface area contributed by atoms with E-state index in [4.69, 9.17) is 0 Å². The normalized spacial score (nSPS) is 10.1. The molecule has 0 saturated heterocycles. The summed E-state index contributed by atoms with van der Waals surface area (Å²) in [6, 6.07) is 5.64. The van der Waals surface area contributed by atoms with Crippen LogP contribution >= 0.6 is 0 Å². The van der Waals surface area contributed by atoms with Crippen molar-refractivity contribution in [3.63, 3.8) is 0 Å². The second-order valence-corrected chi connectivity index (χ2v) is 4.83. The van der Waals surface area contributed by atoms with Gasteiger partial charge in [-0.1, -0.05) is 0 Å². The third-order valence-electron chi connectivity index (χ3n) is 2.67. The van der Waals surface area contributed by atoms with Crippen LogP contribution in [0.4, 0.5) is 11.4 Å². The molecule has 98 valence electrons. The molecule has 18 heavy (non-hydrogen) atoms. The second kappa shape index (κ2) is 5.67. The van der Waals surface area contributed by atoms with Crippen molar-refractivity contribution in [3.05, 3.63) is 23.8 Å². The molecule has 1 aromatic rings. The Labute approximate surface area is 108 Å². The number of carbonyl (C=O) groups is 2. The molecule has 0 atom stereocenters. The lowest BCUT2D eigenvalue weighted by molar-refractivity contribution is -0.116. The van der Waals surface area contributed by atoms with Crippen molar-refractivity contribution in [2.45, 2.75) is 13.3 Å². The predicted octanol–water partition coefficient (Wildman–Crippen LogP) is 1.98. The first-order valence-electron chi connectivity index (χ1n) is 5.83. The Morgan fingerprint density at radius 1 is 0.944 bits per heavy atom. The molecule has 0 aromatic heterocycles. The third kappa shape index (κ3) is 3.58. The van der Waals surface area contributed by atoms with E-state index in [2.05, 4.69) is 0 Å². The molecular weight excluding hydrogens is 228 g/mol. The average Bonchev–Trinajstić information content (AvgIpc) is 2.27. The summed E-state index contributed by atoms with van der Waals surface area (Å²) in [5.74, 6) is -0.240. The largest absolute Gasteiger partial charge is 0.378 e. The molecule has 0 spiro atoms. The van der Waals surface area contributed by atoms with Crippen LogP contribution in [0.2, 0.25) is 0 Å². The maximum absolute atomic E-state index is 11.9. The topological polar surface area (TPSA) is 40.6 Å².